The van der Waals surface area contributed by atoms with Gasteiger partial charge in [-0.2, -0.15) is 4.31 Å². The largest absolute Gasteiger partial charge is 0.321 e. The molecule has 3 rings (SSSR count). The van der Waals surface area contributed by atoms with E-state index >= 15 is 0 Å². The van der Waals surface area contributed by atoms with Crippen LogP contribution in [-0.4, -0.2) is 55.9 Å². The van der Waals surface area contributed by atoms with E-state index in [9.17, 15) is 21.6 Å². The lowest BCUT2D eigenvalue weighted by atomic mass is 10.2. The molecular formula is C20H25ClN4O5S2. The van der Waals surface area contributed by atoms with Crippen molar-refractivity contribution < 1.29 is 21.6 Å². The summed E-state index contributed by atoms with van der Waals surface area (Å²) < 4.78 is 51.6. The molecule has 1 fully saturated rings. The number of hydrogen-bond donors (Lipinski definition) is 1. The van der Waals surface area contributed by atoms with Gasteiger partial charge in [-0.1, -0.05) is 31.4 Å². The number of nitrogens with one attached hydrogen (secondary N) is 1. The van der Waals surface area contributed by atoms with Gasteiger partial charge in [-0.3, -0.25) is 4.79 Å². The van der Waals surface area contributed by atoms with Crippen LogP contribution in [0.2, 0.25) is 5.02 Å². The number of hydrogen-bond acceptors (Lipinski definition) is 7. The minimum atomic E-state index is -3.72. The highest BCUT2D eigenvalue weighted by molar-refractivity contribution is 7.91. The first-order valence-electron chi connectivity index (χ1n) is 10.3. The second-order valence-corrected chi connectivity index (χ2v) is 11.8. The van der Waals surface area contributed by atoms with Crippen LogP contribution in [0.5, 0.6) is 0 Å². The van der Waals surface area contributed by atoms with E-state index < -0.39 is 30.9 Å². The summed E-state index contributed by atoms with van der Waals surface area (Å²) in [6.45, 7) is 2.70. The number of aromatic nitrogens is 2. The molecule has 12 heteroatoms. The van der Waals surface area contributed by atoms with Crippen molar-refractivity contribution in [1.82, 2.24) is 14.3 Å². The van der Waals surface area contributed by atoms with Gasteiger partial charge in [0.1, 0.15) is 0 Å². The molecule has 1 aliphatic heterocycles. The molecule has 0 radical (unpaired) electrons. The van der Waals surface area contributed by atoms with E-state index in [1.165, 1.54) is 28.6 Å². The molecule has 2 heterocycles. The van der Waals surface area contributed by atoms with Crippen LogP contribution in [0, 0.1) is 0 Å². The van der Waals surface area contributed by atoms with Crippen molar-refractivity contribution in [3.8, 4) is 0 Å². The Labute approximate surface area is 193 Å². The van der Waals surface area contributed by atoms with Gasteiger partial charge in [0.15, 0.2) is 5.69 Å². The van der Waals surface area contributed by atoms with Crippen molar-refractivity contribution in [3.05, 3.63) is 41.2 Å². The van der Waals surface area contributed by atoms with Crippen molar-refractivity contribution >= 4 is 43.1 Å². The number of rotatable bonds is 7. The maximum absolute atomic E-state index is 12.9. The molecule has 1 aliphatic rings. The predicted molar refractivity (Wildman–Crippen MR) is 121 cm³/mol. The fraction of sp³-hybridized carbons (Fsp3) is 0.450. The number of sulfonamides is 1. The molecule has 32 heavy (non-hydrogen) atoms. The molecule has 1 saturated heterocycles. The first kappa shape index (κ1) is 24.6. The molecule has 174 valence electrons. The zero-order chi connectivity index (χ0) is 23.4. The van der Waals surface area contributed by atoms with Gasteiger partial charge in [0.05, 0.1) is 21.9 Å². The zero-order valence-corrected chi connectivity index (χ0v) is 20.0. The lowest BCUT2D eigenvalue weighted by molar-refractivity contribution is 0.102. The zero-order valence-electron chi connectivity index (χ0n) is 17.6. The number of sulfone groups is 1. The summed E-state index contributed by atoms with van der Waals surface area (Å²) in [5.74, 6) is -0.878. The third kappa shape index (κ3) is 5.64. The molecule has 2 aromatic rings. The highest BCUT2D eigenvalue weighted by Crippen LogP contribution is 2.23. The molecule has 1 aromatic carbocycles. The highest BCUT2D eigenvalue weighted by Gasteiger charge is 2.25. The summed E-state index contributed by atoms with van der Waals surface area (Å²) in [6, 6.07) is 5.78. The third-order valence-corrected chi connectivity index (χ3v) is 8.89. The number of halogens is 1. The lowest BCUT2D eigenvalue weighted by Crippen LogP contribution is -2.31. The summed E-state index contributed by atoms with van der Waals surface area (Å²) in [6.07, 6.45) is 5.16. The number of nitrogens with zero attached hydrogens (tertiary/aromatic N) is 3. The van der Waals surface area contributed by atoms with Crippen molar-refractivity contribution in [2.45, 2.75) is 49.1 Å². The van der Waals surface area contributed by atoms with Gasteiger partial charge in [-0.05, 0) is 43.5 Å². The Morgan fingerprint density at radius 1 is 1.06 bits per heavy atom. The summed E-state index contributed by atoms with van der Waals surface area (Å²) >= 11 is 6.00. The van der Waals surface area contributed by atoms with E-state index in [4.69, 9.17) is 11.6 Å². The smallest absolute Gasteiger partial charge is 0.275 e. The first-order valence-corrected chi connectivity index (χ1v) is 13.8. The Kier molecular flexibility index (Phi) is 7.86. The van der Waals surface area contributed by atoms with E-state index in [1.807, 2.05) is 0 Å². The molecule has 1 N–H and O–H groups in total. The van der Waals surface area contributed by atoms with Crippen LogP contribution < -0.4 is 5.32 Å². The third-order valence-electron chi connectivity index (χ3n) is 5.00. The molecule has 0 spiro atoms. The standard InChI is InChI=1S/C20H25ClN4O5S2/c1-2-13-31(27,28)20-22-14-17(21)18(24-20)19(26)23-15-7-9-16(10-8-15)32(29,30)25-11-5-3-4-6-12-25/h7-10,14H,2-6,11-13H2,1H3,(H,23,26). The minimum absolute atomic E-state index is 0.0988. The van der Waals surface area contributed by atoms with Crippen LogP contribution in [0.3, 0.4) is 0 Å². The van der Waals surface area contributed by atoms with Crippen LogP contribution >= 0.6 is 11.6 Å². The van der Waals surface area contributed by atoms with Crippen LogP contribution in [0.15, 0.2) is 40.5 Å². The maximum Gasteiger partial charge on any atom is 0.275 e. The van der Waals surface area contributed by atoms with Crippen molar-refractivity contribution in [2.24, 2.45) is 0 Å². The summed E-state index contributed by atoms with van der Waals surface area (Å²) in [4.78, 5) is 20.3. The molecule has 0 unspecified atom stereocenters. The number of amides is 1. The van der Waals surface area contributed by atoms with Gasteiger partial charge in [-0.25, -0.2) is 26.8 Å². The van der Waals surface area contributed by atoms with Crippen molar-refractivity contribution in [1.29, 1.82) is 0 Å². The quantitative estimate of drug-likeness (QED) is 0.578. The Morgan fingerprint density at radius 3 is 2.28 bits per heavy atom. The molecule has 0 bridgehead atoms. The Bertz CT molecular complexity index is 1180. The summed E-state index contributed by atoms with van der Waals surface area (Å²) in [5.41, 5.74) is 0.0371. The topological polar surface area (TPSA) is 126 Å². The average Bonchev–Trinajstić information content (AvgIpc) is 3.04. The Morgan fingerprint density at radius 2 is 1.69 bits per heavy atom. The van der Waals surface area contributed by atoms with Crippen molar-refractivity contribution in [3.63, 3.8) is 0 Å². The van der Waals surface area contributed by atoms with Gasteiger partial charge in [-0.15, -0.1) is 0 Å². The summed E-state index contributed by atoms with van der Waals surface area (Å²) in [7, 11) is -7.33. The van der Waals surface area contributed by atoms with E-state index in [2.05, 4.69) is 15.3 Å². The molecule has 0 atom stereocenters. The number of carbonyl (C=O) groups excluding carboxylic acids is 1. The van der Waals surface area contributed by atoms with Crippen LogP contribution in [0.25, 0.3) is 0 Å². The fourth-order valence-corrected chi connectivity index (χ4v) is 6.21. The second kappa shape index (κ2) is 10.2. The van der Waals surface area contributed by atoms with Crippen LogP contribution in [0.4, 0.5) is 5.69 Å². The van der Waals surface area contributed by atoms with Gasteiger partial charge >= 0.3 is 0 Å². The van der Waals surface area contributed by atoms with Crippen LogP contribution in [-0.2, 0) is 19.9 Å². The van der Waals surface area contributed by atoms with E-state index in [0.717, 1.165) is 31.9 Å². The molecular weight excluding hydrogens is 476 g/mol. The average molecular weight is 501 g/mol. The Balaban J connectivity index is 1.78. The van der Waals surface area contributed by atoms with Gasteiger partial charge in [0.2, 0.25) is 25.0 Å². The predicted octanol–water partition coefficient (Wildman–Crippen LogP) is 3.13. The highest BCUT2D eigenvalue weighted by atomic mass is 35.5. The minimum Gasteiger partial charge on any atom is -0.321 e. The van der Waals surface area contributed by atoms with Crippen LogP contribution in [0.1, 0.15) is 49.5 Å². The maximum atomic E-state index is 12.9. The molecule has 0 saturated carbocycles. The van der Waals surface area contributed by atoms with Gasteiger partial charge in [0, 0.05) is 18.8 Å². The summed E-state index contributed by atoms with van der Waals surface area (Å²) in [5, 5.41) is 2.00. The number of carbonyl (C=O) groups is 1. The first-order chi connectivity index (χ1) is 15.1. The molecule has 1 amide bonds. The fourth-order valence-electron chi connectivity index (χ4n) is 3.35. The lowest BCUT2D eigenvalue weighted by Gasteiger charge is -2.20. The number of anilines is 1. The van der Waals surface area contributed by atoms with E-state index in [0.29, 0.717) is 25.2 Å². The second-order valence-electron chi connectivity index (χ2n) is 7.46. The monoisotopic (exact) mass is 500 g/mol. The molecule has 1 aromatic heterocycles. The molecule has 0 aliphatic carbocycles. The van der Waals surface area contributed by atoms with Crippen molar-refractivity contribution in [2.75, 3.05) is 24.2 Å². The normalized spacial score (nSPS) is 15.8. The number of benzene rings is 1. The van der Waals surface area contributed by atoms with E-state index in [1.54, 1.807) is 6.92 Å². The van der Waals surface area contributed by atoms with Gasteiger partial charge in [0.25, 0.3) is 5.91 Å². The van der Waals surface area contributed by atoms with E-state index in [-0.39, 0.29) is 21.4 Å². The molecule has 9 nitrogen and oxygen atoms in total. The van der Waals surface area contributed by atoms with Gasteiger partial charge < -0.3 is 5.32 Å². The Hall–Kier alpha value is -2.08. The SMILES string of the molecule is CCCS(=O)(=O)c1ncc(Cl)c(C(=O)Nc2ccc(S(=O)(=O)N3CCCCCC3)cc2)n1.